The maximum Gasteiger partial charge on any atom is 0.247 e. The minimum absolute atomic E-state index is 0.0814. The molecule has 11 heteroatoms. The first-order valence-electron chi connectivity index (χ1n) is 13.0. The first-order valence-corrected chi connectivity index (χ1v) is 14.6. The van der Waals surface area contributed by atoms with Crippen molar-refractivity contribution in [1.82, 2.24) is 10.3 Å². The second kappa shape index (κ2) is 12.3. The molecular weight excluding hydrogens is 542 g/mol. The summed E-state index contributed by atoms with van der Waals surface area (Å²) in [6.45, 7) is 4.74. The van der Waals surface area contributed by atoms with Crippen molar-refractivity contribution in [1.29, 1.82) is 0 Å². The van der Waals surface area contributed by atoms with Crippen molar-refractivity contribution in [2.45, 2.75) is 38.3 Å². The molecule has 5 N–H and O–H groups in total. The number of nitrogens with zero attached hydrogens (tertiary/aromatic N) is 1. The molecule has 0 radical (unpaired) electrons. The van der Waals surface area contributed by atoms with Crippen LogP contribution in [0.5, 0.6) is 5.75 Å². The van der Waals surface area contributed by atoms with Crippen LogP contribution in [0.1, 0.15) is 36.6 Å². The zero-order valence-electron chi connectivity index (χ0n) is 23.3. The molecule has 2 amide bonds. The van der Waals surface area contributed by atoms with E-state index in [-0.39, 0.29) is 23.1 Å². The molecule has 4 rings (SSSR count). The van der Waals surface area contributed by atoms with Crippen LogP contribution in [0, 0.1) is 6.92 Å². The summed E-state index contributed by atoms with van der Waals surface area (Å²) in [4.78, 5) is 29.6. The Kier molecular flexibility index (Phi) is 8.77. The van der Waals surface area contributed by atoms with E-state index >= 15 is 0 Å². The molecule has 10 nitrogen and oxygen atoms in total. The van der Waals surface area contributed by atoms with Crippen molar-refractivity contribution in [3.8, 4) is 5.75 Å². The Balaban J connectivity index is 1.69. The highest BCUT2D eigenvalue weighted by molar-refractivity contribution is 7.91. The van der Waals surface area contributed by atoms with E-state index < -0.39 is 21.8 Å². The summed E-state index contributed by atoms with van der Waals surface area (Å²) in [5.41, 5.74) is 9.02. The predicted octanol–water partition coefficient (Wildman–Crippen LogP) is 4.36. The normalized spacial score (nSPS) is 12.0. The van der Waals surface area contributed by atoms with Gasteiger partial charge in [-0.2, -0.15) is 0 Å². The Bertz CT molecular complexity index is 1720. The Morgan fingerprint density at radius 3 is 2.49 bits per heavy atom. The lowest BCUT2D eigenvalue weighted by Gasteiger charge is -2.22. The summed E-state index contributed by atoms with van der Waals surface area (Å²) in [6, 6.07) is 16.5. The lowest BCUT2D eigenvalue weighted by molar-refractivity contribution is -0.122. The largest absolute Gasteiger partial charge is 0.496 e. The van der Waals surface area contributed by atoms with Crippen LogP contribution in [0.15, 0.2) is 71.8 Å². The number of nitrogens with one attached hydrogen (secondary N) is 3. The summed E-state index contributed by atoms with van der Waals surface area (Å²) in [7, 11) is -2.03. The van der Waals surface area contributed by atoms with Gasteiger partial charge in [0.25, 0.3) is 0 Å². The maximum atomic E-state index is 13.8. The quantitative estimate of drug-likeness (QED) is 0.218. The van der Waals surface area contributed by atoms with E-state index in [1.165, 1.54) is 19.1 Å². The molecule has 0 bridgehead atoms. The van der Waals surface area contributed by atoms with E-state index in [9.17, 15) is 18.0 Å². The molecule has 0 spiro atoms. The molecule has 3 aromatic carbocycles. The van der Waals surface area contributed by atoms with E-state index in [4.69, 9.17) is 10.5 Å². The molecule has 214 valence electrons. The van der Waals surface area contributed by atoms with Gasteiger partial charge in [0.15, 0.2) is 9.84 Å². The molecule has 1 heterocycles. The van der Waals surface area contributed by atoms with Crippen molar-refractivity contribution in [3.05, 3.63) is 83.6 Å². The number of aromatic nitrogens is 1. The van der Waals surface area contributed by atoms with Crippen LogP contribution in [0.25, 0.3) is 10.8 Å². The highest BCUT2D eigenvalue weighted by atomic mass is 32.2. The molecule has 0 saturated carbocycles. The minimum Gasteiger partial charge on any atom is -0.496 e. The summed E-state index contributed by atoms with van der Waals surface area (Å²) >= 11 is 0. The Morgan fingerprint density at radius 2 is 1.78 bits per heavy atom. The second-order valence-electron chi connectivity index (χ2n) is 9.56. The number of amides is 2. The fourth-order valence-corrected chi connectivity index (χ4v) is 5.63. The lowest BCUT2D eigenvalue weighted by atomic mass is 10.0. The fraction of sp³-hybridized carbons (Fsp3) is 0.233. The van der Waals surface area contributed by atoms with Gasteiger partial charge in [0.05, 0.1) is 17.8 Å². The third-order valence-electron chi connectivity index (χ3n) is 6.68. The number of pyridine rings is 1. The Morgan fingerprint density at radius 1 is 1.02 bits per heavy atom. The number of carbonyl (C=O) groups is 2. The molecule has 0 fully saturated rings. The molecule has 1 aromatic heterocycles. The number of sulfone groups is 1. The van der Waals surface area contributed by atoms with Gasteiger partial charge < -0.3 is 26.4 Å². The fourth-order valence-electron chi connectivity index (χ4n) is 4.52. The van der Waals surface area contributed by atoms with Crippen LogP contribution in [-0.2, 0) is 26.0 Å². The summed E-state index contributed by atoms with van der Waals surface area (Å²) in [5.74, 6) is 0.235. The molecule has 0 saturated heterocycles. The smallest absolute Gasteiger partial charge is 0.247 e. The number of hydrogen-bond acceptors (Lipinski definition) is 8. The van der Waals surface area contributed by atoms with Gasteiger partial charge in [-0.1, -0.05) is 19.1 Å². The van der Waals surface area contributed by atoms with Gasteiger partial charge in [-0.3, -0.25) is 9.59 Å². The van der Waals surface area contributed by atoms with Crippen molar-refractivity contribution >= 4 is 49.6 Å². The molecule has 41 heavy (non-hydrogen) atoms. The topological polar surface area (TPSA) is 153 Å². The Hall–Kier alpha value is -4.64. The van der Waals surface area contributed by atoms with Gasteiger partial charge in [0, 0.05) is 36.4 Å². The average molecular weight is 576 g/mol. The highest BCUT2D eigenvalue weighted by Crippen LogP contribution is 2.29. The molecular formula is C30H33N5O5S. The van der Waals surface area contributed by atoms with Gasteiger partial charge in [0.1, 0.15) is 17.6 Å². The van der Waals surface area contributed by atoms with Gasteiger partial charge in [0.2, 0.25) is 11.8 Å². The zero-order chi connectivity index (χ0) is 29.7. The number of nitrogens with two attached hydrogens (primary N) is 1. The second-order valence-corrected chi connectivity index (χ2v) is 11.8. The number of nitrogen functional groups attached to an aromatic ring is 1. The van der Waals surface area contributed by atoms with Gasteiger partial charge in [-0.05, 0) is 77.5 Å². The van der Waals surface area contributed by atoms with Crippen LogP contribution in [0.2, 0.25) is 0 Å². The minimum atomic E-state index is -3.59. The predicted molar refractivity (Wildman–Crippen MR) is 161 cm³/mol. The number of rotatable bonds is 10. The number of methoxy groups -OCH3 is 1. The van der Waals surface area contributed by atoms with E-state index in [2.05, 4.69) is 20.9 Å². The third-order valence-corrected chi connectivity index (χ3v) is 8.51. The first kappa shape index (κ1) is 29.3. The summed E-state index contributed by atoms with van der Waals surface area (Å²) < 4.78 is 31.1. The van der Waals surface area contributed by atoms with Crippen LogP contribution >= 0.6 is 0 Å². The van der Waals surface area contributed by atoms with E-state index in [1.807, 2.05) is 43.3 Å². The molecule has 0 aliphatic carbocycles. The van der Waals surface area contributed by atoms with Crippen molar-refractivity contribution < 1.29 is 22.7 Å². The number of anilines is 3. The van der Waals surface area contributed by atoms with Crippen LogP contribution < -0.4 is 26.4 Å². The third kappa shape index (κ3) is 6.75. The molecule has 1 unspecified atom stereocenters. The van der Waals surface area contributed by atoms with Crippen molar-refractivity contribution in [2.24, 2.45) is 0 Å². The van der Waals surface area contributed by atoms with Crippen LogP contribution in [-0.4, -0.2) is 38.1 Å². The number of fused-ring (bicyclic) bond motifs is 1. The van der Waals surface area contributed by atoms with Crippen LogP contribution in [0.3, 0.4) is 0 Å². The van der Waals surface area contributed by atoms with Gasteiger partial charge in [-0.15, -0.1) is 0 Å². The number of aryl methyl sites for hydroxylation is 1. The SMILES string of the molecule is CCS(=O)(=O)c1ccc(NC(C)=O)cc1CNC(=O)C(Nc1ccc2c(N)nccc2c1)c1ccc(C)c(OC)c1. The van der Waals surface area contributed by atoms with Crippen LogP contribution in [0.4, 0.5) is 17.2 Å². The van der Waals surface area contributed by atoms with E-state index in [1.54, 1.807) is 32.4 Å². The standard InChI is InChI=1S/C30H33N5O5S/c1-5-41(38,39)27-11-9-23(34-19(3)36)15-22(27)17-33-30(37)28(21-7-6-18(2)26(16-21)40-4)35-24-8-10-25-20(14-24)12-13-32-29(25)31/h6-16,28,35H,5,17H2,1-4H3,(H2,31,32)(H,33,37)(H,34,36). The Labute approximate surface area is 239 Å². The molecule has 0 aliphatic rings. The van der Waals surface area contributed by atoms with Crippen molar-refractivity contribution in [3.63, 3.8) is 0 Å². The highest BCUT2D eigenvalue weighted by Gasteiger charge is 2.24. The lowest BCUT2D eigenvalue weighted by Crippen LogP contribution is -2.33. The first-order chi connectivity index (χ1) is 19.5. The molecule has 0 aliphatic heterocycles. The van der Waals surface area contributed by atoms with E-state index in [0.29, 0.717) is 34.1 Å². The van der Waals surface area contributed by atoms with Gasteiger partial charge in [-0.25, -0.2) is 13.4 Å². The number of ether oxygens (including phenoxy) is 1. The number of benzene rings is 3. The summed E-state index contributed by atoms with van der Waals surface area (Å²) in [5, 5.41) is 10.5. The number of carbonyl (C=O) groups excluding carboxylic acids is 2. The molecule has 1 atom stereocenters. The maximum absolute atomic E-state index is 13.8. The number of hydrogen-bond donors (Lipinski definition) is 4. The van der Waals surface area contributed by atoms with Gasteiger partial charge >= 0.3 is 0 Å². The molecule has 4 aromatic rings. The van der Waals surface area contributed by atoms with Crippen molar-refractivity contribution in [2.75, 3.05) is 29.2 Å². The summed E-state index contributed by atoms with van der Waals surface area (Å²) in [6.07, 6.45) is 1.62. The monoisotopic (exact) mass is 575 g/mol. The van der Waals surface area contributed by atoms with E-state index in [0.717, 1.165) is 16.3 Å². The zero-order valence-corrected chi connectivity index (χ0v) is 24.1. The average Bonchev–Trinajstić information content (AvgIpc) is 2.94.